The minimum absolute atomic E-state index is 0.338. The highest BCUT2D eigenvalue weighted by molar-refractivity contribution is 4.92. The largest absolute Gasteiger partial charge is 0.324 e. The molecule has 0 spiro atoms. The number of rotatable bonds is 0. The molecule has 1 rings (SSSR count). The second kappa shape index (κ2) is 3.67. The monoisotopic (exact) mass is 125 g/mol. The van der Waals surface area contributed by atoms with E-state index in [0.717, 1.165) is 0 Å². The smallest absolute Gasteiger partial charge is 0.0223 e. The van der Waals surface area contributed by atoms with Crippen molar-refractivity contribution >= 4 is 0 Å². The van der Waals surface area contributed by atoms with Gasteiger partial charge in [-0.3, -0.25) is 0 Å². The average Bonchev–Trinajstić information content (AvgIpc) is 1.79. The van der Waals surface area contributed by atoms with Crippen molar-refractivity contribution in [3.63, 3.8) is 0 Å². The van der Waals surface area contributed by atoms with Crippen LogP contribution in [0, 0.1) is 0 Å². The molecule has 0 aromatic carbocycles. The zero-order valence-electron chi connectivity index (χ0n) is 5.84. The molecule has 0 heterocycles. The van der Waals surface area contributed by atoms with Gasteiger partial charge in [-0.05, 0) is 19.3 Å². The van der Waals surface area contributed by atoms with Crippen LogP contribution in [0.15, 0.2) is 12.2 Å². The van der Waals surface area contributed by atoms with Crippen LogP contribution >= 0.6 is 0 Å². The molecule has 1 nitrogen and oxygen atoms in total. The third-order valence-corrected chi connectivity index (χ3v) is 1.79. The van der Waals surface area contributed by atoms with Crippen LogP contribution in [0.5, 0.6) is 0 Å². The Kier molecular flexibility index (Phi) is 2.78. The summed E-state index contributed by atoms with van der Waals surface area (Å²) in [6.07, 6.45) is 10.8. The highest BCUT2D eigenvalue weighted by atomic mass is 14.6. The minimum Gasteiger partial charge on any atom is -0.324 e. The highest BCUT2D eigenvalue weighted by Crippen LogP contribution is 2.09. The molecule has 52 valence electrons. The molecule has 0 saturated heterocycles. The molecule has 1 unspecified atom stereocenters. The Hall–Kier alpha value is -0.300. The normalized spacial score (nSPS) is 32.8. The van der Waals surface area contributed by atoms with Crippen LogP contribution in [-0.4, -0.2) is 6.04 Å². The molecule has 0 bridgehead atoms. The summed E-state index contributed by atoms with van der Waals surface area (Å²) in [5.41, 5.74) is 5.72. The van der Waals surface area contributed by atoms with Gasteiger partial charge in [-0.1, -0.05) is 25.0 Å². The van der Waals surface area contributed by atoms with Crippen molar-refractivity contribution in [2.75, 3.05) is 0 Å². The van der Waals surface area contributed by atoms with Gasteiger partial charge < -0.3 is 5.73 Å². The number of hydrogen-bond acceptors (Lipinski definition) is 1. The molecule has 1 heteroatoms. The summed E-state index contributed by atoms with van der Waals surface area (Å²) in [7, 11) is 0. The molecule has 1 aliphatic rings. The van der Waals surface area contributed by atoms with E-state index in [0.29, 0.717) is 6.04 Å². The van der Waals surface area contributed by atoms with Gasteiger partial charge in [-0.25, -0.2) is 0 Å². The van der Waals surface area contributed by atoms with Crippen molar-refractivity contribution in [1.82, 2.24) is 0 Å². The molecule has 0 saturated carbocycles. The summed E-state index contributed by atoms with van der Waals surface area (Å²) >= 11 is 0. The summed E-state index contributed by atoms with van der Waals surface area (Å²) in [6.45, 7) is 0. The van der Waals surface area contributed by atoms with Crippen LogP contribution in [0.4, 0.5) is 0 Å². The van der Waals surface area contributed by atoms with Gasteiger partial charge in [0.15, 0.2) is 0 Å². The van der Waals surface area contributed by atoms with Gasteiger partial charge in [0.05, 0.1) is 0 Å². The van der Waals surface area contributed by atoms with Gasteiger partial charge in [0, 0.05) is 6.04 Å². The van der Waals surface area contributed by atoms with E-state index >= 15 is 0 Å². The second-order valence-electron chi connectivity index (χ2n) is 2.73. The van der Waals surface area contributed by atoms with Crippen LogP contribution < -0.4 is 5.73 Å². The molecule has 0 aromatic rings. The van der Waals surface area contributed by atoms with Gasteiger partial charge in [0.25, 0.3) is 0 Å². The van der Waals surface area contributed by atoms with E-state index < -0.39 is 0 Å². The third-order valence-electron chi connectivity index (χ3n) is 1.79. The predicted molar refractivity (Wildman–Crippen MR) is 40.2 cm³/mol. The van der Waals surface area contributed by atoms with Crippen LogP contribution in [0.2, 0.25) is 0 Å². The summed E-state index contributed by atoms with van der Waals surface area (Å²) in [5, 5.41) is 0. The molecular formula is C8H15N. The maximum atomic E-state index is 5.72. The van der Waals surface area contributed by atoms with Gasteiger partial charge >= 0.3 is 0 Å². The fraction of sp³-hybridized carbons (Fsp3) is 0.750. The molecule has 0 fully saturated rings. The summed E-state index contributed by atoms with van der Waals surface area (Å²) < 4.78 is 0. The highest BCUT2D eigenvalue weighted by Gasteiger charge is 1.98. The van der Waals surface area contributed by atoms with Crippen LogP contribution in [0.1, 0.15) is 32.1 Å². The quantitative estimate of drug-likeness (QED) is 0.491. The third kappa shape index (κ3) is 2.66. The van der Waals surface area contributed by atoms with Crippen LogP contribution in [0.3, 0.4) is 0 Å². The van der Waals surface area contributed by atoms with Crippen LogP contribution in [-0.2, 0) is 0 Å². The van der Waals surface area contributed by atoms with Crippen molar-refractivity contribution in [1.29, 1.82) is 0 Å². The van der Waals surface area contributed by atoms with Crippen molar-refractivity contribution in [3.05, 3.63) is 12.2 Å². The van der Waals surface area contributed by atoms with Crippen LogP contribution in [0.25, 0.3) is 0 Å². The molecule has 1 atom stereocenters. The first-order valence-electron chi connectivity index (χ1n) is 3.82. The summed E-state index contributed by atoms with van der Waals surface area (Å²) in [5.74, 6) is 0. The van der Waals surface area contributed by atoms with E-state index in [4.69, 9.17) is 5.73 Å². The molecule has 0 radical (unpaired) electrons. The first kappa shape index (κ1) is 6.81. The lowest BCUT2D eigenvalue weighted by atomic mass is 10.0. The Bertz CT molecular complexity index is 96.7. The van der Waals surface area contributed by atoms with Crippen molar-refractivity contribution < 1.29 is 0 Å². The Balaban J connectivity index is 2.30. The second-order valence-corrected chi connectivity index (χ2v) is 2.73. The molecule has 0 aromatic heterocycles. The molecule has 2 N–H and O–H groups in total. The van der Waals surface area contributed by atoms with E-state index in [2.05, 4.69) is 12.2 Å². The van der Waals surface area contributed by atoms with Crippen molar-refractivity contribution in [2.45, 2.75) is 38.1 Å². The maximum Gasteiger partial charge on any atom is 0.0223 e. The number of allylic oxidation sites excluding steroid dienone is 1. The van der Waals surface area contributed by atoms with E-state index in [1.54, 1.807) is 0 Å². The van der Waals surface area contributed by atoms with Gasteiger partial charge in [-0.15, -0.1) is 0 Å². The zero-order valence-corrected chi connectivity index (χ0v) is 5.84. The lowest BCUT2D eigenvalue weighted by Crippen LogP contribution is -2.16. The van der Waals surface area contributed by atoms with E-state index in [1.807, 2.05) is 0 Å². The molecular weight excluding hydrogens is 110 g/mol. The number of nitrogens with two attached hydrogens (primary N) is 1. The van der Waals surface area contributed by atoms with Gasteiger partial charge in [0.2, 0.25) is 0 Å². The molecule has 0 aliphatic heterocycles. The van der Waals surface area contributed by atoms with Gasteiger partial charge in [0.1, 0.15) is 0 Å². The first-order chi connectivity index (χ1) is 4.39. The lowest BCUT2D eigenvalue weighted by Gasteiger charge is -2.08. The summed E-state index contributed by atoms with van der Waals surface area (Å²) in [6, 6.07) is 0.338. The fourth-order valence-corrected chi connectivity index (χ4v) is 1.19. The van der Waals surface area contributed by atoms with Crippen molar-refractivity contribution in [3.8, 4) is 0 Å². The first-order valence-corrected chi connectivity index (χ1v) is 3.82. The predicted octanol–water partition coefficient (Wildman–Crippen LogP) is 1.83. The van der Waals surface area contributed by atoms with E-state index in [1.165, 1.54) is 32.1 Å². The van der Waals surface area contributed by atoms with Crippen molar-refractivity contribution in [2.24, 2.45) is 5.73 Å². The minimum atomic E-state index is 0.338. The number of hydrogen-bond donors (Lipinski definition) is 1. The zero-order chi connectivity index (χ0) is 6.53. The Morgan fingerprint density at radius 3 is 3.00 bits per heavy atom. The maximum absolute atomic E-state index is 5.72. The molecule has 0 amide bonds. The van der Waals surface area contributed by atoms with E-state index in [-0.39, 0.29) is 0 Å². The van der Waals surface area contributed by atoms with E-state index in [9.17, 15) is 0 Å². The average molecular weight is 125 g/mol. The topological polar surface area (TPSA) is 26.0 Å². The Morgan fingerprint density at radius 2 is 2.11 bits per heavy atom. The molecule has 1 aliphatic carbocycles. The summed E-state index contributed by atoms with van der Waals surface area (Å²) in [4.78, 5) is 0. The van der Waals surface area contributed by atoms with Gasteiger partial charge in [-0.2, -0.15) is 0 Å². The fourth-order valence-electron chi connectivity index (χ4n) is 1.19. The molecule has 9 heavy (non-hydrogen) atoms. The Labute approximate surface area is 56.9 Å². The standard InChI is InChI=1S/C8H15N/c9-8-6-4-2-1-3-5-7-8/h4,6,8H,1-3,5,7,9H2/b6-4+. The SMILES string of the molecule is NC1/C=C/CCCCC1. The Morgan fingerprint density at radius 1 is 1.22 bits per heavy atom. The lowest BCUT2D eigenvalue weighted by molar-refractivity contribution is 0.593.